The molecule has 14 heavy (non-hydrogen) atoms. The molecule has 0 amide bonds. The van der Waals surface area contributed by atoms with E-state index in [1.807, 2.05) is 0 Å². The highest BCUT2D eigenvalue weighted by Gasteiger charge is 2.11. The molecule has 0 bridgehead atoms. The lowest BCUT2D eigenvalue weighted by Gasteiger charge is -2.27. The van der Waals surface area contributed by atoms with Crippen LogP contribution in [0.1, 0.15) is 47.0 Å². The van der Waals surface area contributed by atoms with Gasteiger partial charge in [-0.25, -0.2) is 0 Å². The first kappa shape index (κ1) is 13.9. The lowest BCUT2D eigenvalue weighted by atomic mass is 10.0. The summed E-state index contributed by atoms with van der Waals surface area (Å²) in [5.74, 6) is 0.744. The van der Waals surface area contributed by atoms with Crippen molar-refractivity contribution in [3.63, 3.8) is 0 Å². The third kappa shape index (κ3) is 6.39. The minimum atomic E-state index is 0.364. The van der Waals surface area contributed by atoms with Crippen LogP contribution in [0.5, 0.6) is 0 Å². The van der Waals surface area contributed by atoms with Crippen LogP contribution in [0.25, 0.3) is 0 Å². The summed E-state index contributed by atoms with van der Waals surface area (Å²) < 4.78 is 0. The third-order valence-corrected chi connectivity index (χ3v) is 3.08. The lowest BCUT2D eigenvalue weighted by Crippen LogP contribution is -2.34. The topological polar surface area (TPSA) is 29.3 Å². The molecular formula is C12H28N2. The summed E-state index contributed by atoms with van der Waals surface area (Å²) in [6.45, 7) is 10.1. The highest BCUT2D eigenvalue weighted by molar-refractivity contribution is 4.66. The van der Waals surface area contributed by atoms with Gasteiger partial charge in [0, 0.05) is 12.1 Å². The quantitative estimate of drug-likeness (QED) is 0.640. The van der Waals surface area contributed by atoms with Gasteiger partial charge in [0.25, 0.3) is 0 Å². The summed E-state index contributed by atoms with van der Waals surface area (Å²) in [4.78, 5) is 2.45. The summed E-state index contributed by atoms with van der Waals surface area (Å²) in [5, 5.41) is 0. The molecular weight excluding hydrogens is 172 g/mol. The van der Waals surface area contributed by atoms with Crippen molar-refractivity contribution in [1.82, 2.24) is 4.90 Å². The zero-order valence-corrected chi connectivity index (χ0v) is 10.6. The molecule has 2 unspecified atom stereocenters. The molecule has 0 aromatic rings. The van der Waals surface area contributed by atoms with Crippen molar-refractivity contribution in [2.75, 3.05) is 13.6 Å². The second-order valence-corrected chi connectivity index (χ2v) is 4.94. The van der Waals surface area contributed by atoms with Crippen LogP contribution in [0.15, 0.2) is 0 Å². The summed E-state index contributed by atoms with van der Waals surface area (Å²) >= 11 is 0. The van der Waals surface area contributed by atoms with Crippen LogP contribution >= 0.6 is 0 Å². The van der Waals surface area contributed by atoms with Gasteiger partial charge in [0.15, 0.2) is 0 Å². The van der Waals surface area contributed by atoms with E-state index in [0.29, 0.717) is 12.1 Å². The zero-order valence-electron chi connectivity index (χ0n) is 10.6. The number of hydrogen-bond acceptors (Lipinski definition) is 2. The number of rotatable bonds is 7. The Morgan fingerprint density at radius 2 is 1.64 bits per heavy atom. The summed E-state index contributed by atoms with van der Waals surface area (Å²) in [6, 6.07) is 1.05. The molecule has 0 aromatic heterocycles. The van der Waals surface area contributed by atoms with Gasteiger partial charge in [-0.2, -0.15) is 0 Å². The van der Waals surface area contributed by atoms with E-state index in [4.69, 9.17) is 5.73 Å². The van der Waals surface area contributed by atoms with Crippen molar-refractivity contribution < 1.29 is 0 Å². The van der Waals surface area contributed by atoms with Gasteiger partial charge in [-0.3, -0.25) is 0 Å². The lowest BCUT2D eigenvalue weighted by molar-refractivity contribution is 0.204. The van der Waals surface area contributed by atoms with Crippen LogP contribution in [0, 0.1) is 5.92 Å². The van der Waals surface area contributed by atoms with E-state index in [1.54, 1.807) is 0 Å². The minimum absolute atomic E-state index is 0.364. The van der Waals surface area contributed by atoms with Crippen LogP contribution in [-0.4, -0.2) is 30.6 Å². The van der Waals surface area contributed by atoms with Gasteiger partial charge in [0.1, 0.15) is 0 Å². The molecule has 86 valence electrons. The smallest absolute Gasteiger partial charge is 0.00868 e. The third-order valence-electron chi connectivity index (χ3n) is 3.08. The summed E-state index contributed by atoms with van der Waals surface area (Å²) in [6.07, 6.45) is 3.69. The average molecular weight is 200 g/mol. The highest BCUT2D eigenvalue weighted by atomic mass is 15.1. The van der Waals surface area contributed by atoms with E-state index in [-0.39, 0.29) is 0 Å². The van der Waals surface area contributed by atoms with E-state index in [2.05, 4.69) is 39.6 Å². The van der Waals surface area contributed by atoms with Crippen molar-refractivity contribution in [3.8, 4) is 0 Å². The largest absolute Gasteiger partial charge is 0.328 e. The first-order valence-electron chi connectivity index (χ1n) is 5.91. The van der Waals surface area contributed by atoms with Crippen LogP contribution in [-0.2, 0) is 0 Å². The second kappa shape index (κ2) is 7.24. The van der Waals surface area contributed by atoms with Gasteiger partial charge in [0.05, 0.1) is 0 Å². The van der Waals surface area contributed by atoms with Gasteiger partial charge < -0.3 is 10.6 Å². The maximum Gasteiger partial charge on any atom is 0.00868 e. The maximum atomic E-state index is 5.70. The maximum absolute atomic E-state index is 5.70. The van der Waals surface area contributed by atoms with Crippen LogP contribution in [0.4, 0.5) is 0 Å². The standard InChI is InChI=1S/C12H28N2/c1-10(2)12(4)14(5)9-7-6-8-11(3)13/h10-12H,6-9,13H2,1-5H3. The number of hydrogen-bond donors (Lipinski definition) is 1. The van der Waals surface area contributed by atoms with Crippen LogP contribution in [0.3, 0.4) is 0 Å². The molecule has 0 aromatic carbocycles. The Balaban J connectivity index is 3.48. The van der Waals surface area contributed by atoms with Crippen LogP contribution in [0.2, 0.25) is 0 Å². The molecule has 0 saturated carbocycles. The molecule has 0 rings (SSSR count). The minimum Gasteiger partial charge on any atom is -0.328 e. The molecule has 0 fully saturated rings. The van der Waals surface area contributed by atoms with Crippen molar-refractivity contribution in [2.45, 2.75) is 59.0 Å². The predicted octanol–water partition coefficient (Wildman–Crippen LogP) is 2.48. The number of nitrogens with zero attached hydrogens (tertiary/aromatic N) is 1. The number of unbranched alkanes of at least 4 members (excludes halogenated alkanes) is 1. The first-order chi connectivity index (χ1) is 6.45. The molecule has 0 aliphatic carbocycles. The second-order valence-electron chi connectivity index (χ2n) is 4.94. The average Bonchev–Trinajstić information content (AvgIpc) is 2.10. The van der Waals surface area contributed by atoms with Gasteiger partial charge in [-0.05, 0) is 46.2 Å². The van der Waals surface area contributed by atoms with Crippen molar-refractivity contribution >= 4 is 0 Å². The fraction of sp³-hybridized carbons (Fsp3) is 1.00. The molecule has 2 N–H and O–H groups in total. The molecule has 0 saturated heterocycles. The Morgan fingerprint density at radius 1 is 1.07 bits per heavy atom. The Morgan fingerprint density at radius 3 is 2.07 bits per heavy atom. The Labute approximate surface area is 89.9 Å². The predicted molar refractivity (Wildman–Crippen MR) is 64.4 cm³/mol. The zero-order chi connectivity index (χ0) is 11.1. The molecule has 0 aliphatic rings. The number of nitrogens with two attached hydrogens (primary N) is 1. The SMILES string of the molecule is CC(N)CCCCN(C)C(C)C(C)C. The monoisotopic (exact) mass is 200 g/mol. The highest BCUT2D eigenvalue weighted by Crippen LogP contribution is 2.09. The Bertz CT molecular complexity index is 132. The molecule has 0 heterocycles. The van der Waals surface area contributed by atoms with E-state index >= 15 is 0 Å². The molecule has 0 spiro atoms. The van der Waals surface area contributed by atoms with Gasteiger partial charge in [0.2, 0.25) is 0 Å². The van der Waals surface area contributed by atoms with E-state index in [1.165, 1.54) is 19.4 Å². The Hall–Kier alpha value is -0.0800. The summed E-state index contributed by atoms with van der Waals surface area (Å²) in [7, 11) is 2.22. The normalized spacial score (nSPS) is 16.3. The van der Waals surface area contributed by atoms with Gasteiger partial charge >= 0.3 is 0 Å². The van der Waals surface area contributed by atoms with Crippen molar-refractivity contribution in [1.29, 1.82) is 0 Å². The van der Waals surface area contributed by atoms with E-state index in [0.717, 1.165) is 12.3 Å². The van der Waals surface area contributed by atoms with Crippen molar-refractivity contribution in [2.24, 2.45) is 11.7 Å². The molecule has 0 radical (unpaired) electrons. The first-order valence-corrected chi connectivity index (χ1v) is 5.91. The molecule has 0 aliphatic heterocycles. The summed E-state index contributed by atoms with van der Waals surface area (Å²) in [5.41, 5.74) is 5.70. The van der Waals surface area contributed by atoms with E-state index in [9.17, 15) is 0 Å². The Kier molecular flexibility index (Phi) is 7.20. The van der Waals surface area contributed by atoms with Gasteiger partial charge in [-0.15, -0.1) is 0 Å². The van der Waals surface area contributed by atoms with E-state index < -0.39 is 0 Å². The fourth-order valence-electron chi connectivity index (χ4n) is 1.54. The van der Waals surface area contributed by atoms with Crippen LogP contribution < -0.4 is 5.73 Å². The van der Waals surface area contributed by atoms with Crippen molar-refractivity contribution in [3.05, 3.63) is 0 Å². The van der Waals surface area contributed by atoms with Gasteiger partial charge in [-0.1, -0.05) is 20.3 Å². The fourth-order valence-corrected chi connectivity index (χ4v) is 1.54. The molecule has 2 nitrogen and oxygen atoms in total. The molecule has 2 atom stereocenters. The molecule has 2 heteroatoms.